The van der Waals surface area contributed by atoms with Gasteiger partial charge < -0.3 is 13.8 Å². The average Bonchev–Trinajstić information content (AvgIpc) is 3.30. The molecule has 0 spiro atoms. The fourth-order valence-corrected chi connectivity index (χ4v) is 3.26. The second-order valence-corrected chi connectivity index (χ2v) is 7.41. The zero-order chi connectivity index (χ0) is 22.7. The summed E-state index contributed by atoms with van der Waals surface area (Å²) in [5.41, 5.74) is 6.40. The van der Waals surface area contributed by atoms with E-state index >= 15 is 0 Å². The minimum atomic E-state index is -1.26. The van der Waals surface area contributed by atoms with Gasteiger partial charge in [0.25, 0.3) is 0 Å². The summed E-state index contributed by atoms with van der Waals surface area (Å²) in [7, 11) is -1.26. The van der Waals surface area contributed by atoms with E-state index in [1.165, 1.54) is 0 Å². The average molecular weight is 476 g/mol. The third-order valence-electron chi connectivity index (χ3n) is 4.11. The Hall–Kier alpha value is -2.36. The molecule has 0 saturated heterocycles. The van der Waals surface area contributed by atoms with Crippen molar-refractivity contribution in [3.8, 4) is 4.20 Å². The second-order valence-electron chi connectivity index (χ2n) is 6.41. The standard InChI is InChI=1S/C15H22BN6.C2H3.2CO.Mo/c1-10-7-13(4)20(17-10)16(21-14(5)8-11(2)18-21)22-15(6)9-12(3)19-22;3*1-2;/h7-9,16H,1-6H3;1H3;;;/q-1;;;;+1. The maximum absolute atomic E-state index is 7.50. The molecule has 0 fully saturated rings. The fraction of sp³-hybridized carbons (Fsp3) is 0.368. The van der Waals surface area contributed by atoms with Crippen molar-refractivity contribution in [2.45, 2.75) is 48.5 Å². The summed E-state index contributed by atoms with van der Waals surface area (Å²) in [6, 6.07) is 6.28. The van der Waals surface area contributed by atoms with Gasteiger partial charge in [-0.05, 0) is 76.8 Å². The zero-order valence-corrected chi connectivity index (χ0v) is 19.9. The third kappa shape index (κ3) is 6.88. The Bertz CT molecular complexity index is 893. The first kappa shape index (κ1) is 26.6. The Morgan fingerprint density at radius 2 is 0.931 bits per heavy atom. The van der Waals surface area contributed by atoms with Gasteiger partial charge in [0.15, 0.2) is 0 Å². The van der Waals surface area contributed by atoms with Crippen molar-refractivity contribution < 1.29 is 28.5 Å². The van der Waals surface area contributed by atoms with Crippen LogP contribution in [0, 0.1) is 59.0 Å². The summed E-state index contributed by atoms with van der Waals surface area (Å²) in [5.74, 6) is 0. The first-order valence-electron chi connectivity index (χ1n) is 8.73. The number of aromatic nitrogens is 6. The van der Waals surface area contributed by atoms with Gasteiger partial charge >= 0.3 is 60.0 Å². The molecule has 152 valence electrons. The van der Waals surface area contributed by atoms with Gasteiger partial charge in [0.1, 0.15) is 0 Å². The molecule has 0 aliphatic rings. The summed E-state index contributed by atoms with van der Waals surface area (Å²) < 4.78 is 24.0. The Labute approximate surface area is 182 Å². The molecule has 0 unspecified atom stereocenters. The molecule has 0 aromatic carbocycles. The van der Waals surface area contributed by atoms with Gasteiger partial charge in [0.2, 0.25) is 0 Å². The molecule has 3 heterocycles. The van der Waals surface area contributed by atoms with Crippen LogP contribution in [0.15, 0.2) is 18.2 Å². The molecule has 0 aliphatic heterocycles. The number of aryl methyl sites for hydroxylation is 6. The van der Waals surface area contributed by atoms with Crippen LogP contribution in [0.4, 0.5) is 0 Å². The van der Waals surface area contributed by atoms with Gasteiger partial charge in [-0.25, -0.2) is 15.3 Å². The van der Waals surface area contributed by atoms with Gasteiger partial charge in [0.05, 0.1) is 17.1 Å². The molecule has 10 heteroatoms. The summed E-state index contributed by atoms with van der Waals surface area (Å²) >= 11 is 1.82. The van der Waals surface area contributed by atoms with E-state index in [4.69, 9.17) is 24.6 Å². The van der Waals surface area contributed by atoms with Gasteiger partial charge in [-0.1, -0.05) is 0 Å². The number of hydrogen-bond donors (Lipinski definition) is 0. The van der Waals surface area contributed by atoms with Crippen molar-refractivity contribution in [3.63, 3.8) is 0 Å². The summed E-state index contributed by atoms with van der Waals surface area (Å²) in [5, 5.41) is 14.1. The van der Waals surface area contributed by atoms with E-state index in [1.54, 1.807) is 0 Å². The van der Waals surface area contributed by atoms with Crippen molar-refractivity contribution >= 4 is 7.12 Å². The molecule has 3 rings (SSSR count). The molecule has 3 aromatic heterocycles. The van der Waals surface area contributed by atoms with Crippen LogP contribution in [0.25, 0.3) is 0 Å². The molecule has 29 heavy (non-hydrogen) atoms. The van der Waals surface area contributed by atoms with E-state index < -0.39 is 7.12 Å². The van der Waals surface area contributed by atoms with E-state index in [2.05, 4.69) is 70.3 Å². The van der Waals surface area contributed by atoms with E-state index in [0.717, 1.165) is 34.2 Å². The molecule has 0 N–H and O–H groups in total. The van der Waals surface area contributed by atoms with E-state index in [-0.39, 0.29) is 0 Å². The third-order valence-corrected chi connectivity index (χ3v) is 4.11. The van der Waals surface area contributed by atoms with Gasteiger partial charge in [-0.2, -0.15) is 0 Å². The maximum atomic E-state index is 7.50. The summed E-state index contributed by atoms with van der Waals surface area (Å²) in [4.78, 5) is 0. The van der Waals surface area contributed by atoms with Crippen molar-refractivity contribution in [1.82, 2.24) is 29.1 Å². The summed E-state index contributed by atoms with van der Waals surface area (Å²) in [6.45, 7) is 23.2. The molecule has 0 bridgehead atoms. The number of hydrogen-bond acceptors (Lipinski definition) is 3. The van der Waals surface area contributed by atoms with E-state index in [9.17, 15) is 0 Å². The molecule has 0 aliphatic carbocycles. The second kappa shape index (κ2) is 13.0. The molecule has 0 atom stereocenters. The van der Waals surface area contributed by atoms with E-state index in [0.29, 0.717) is 0 Å². The number of rotatable bonds is 3. The molecule has 8 nitrogen and oxygen atoms in total. The van der Waals surface area contributed by atoms with Gasteiger partial charge in [-0.3, -0.25) is 0 Å². The van der Waals surface area contributed by atoms with Crippen LogP contribution in [-0.2, 0) is 28.5 Å². The van der Waals surface area contributed by atoms with Crippen LogP contribution in [0.5, 0.6) is 0 Å². The van der Waals surface area contributed by atoms with Crippen molar-refractivity contribution in [2.24, 2.45) is 0 Å². The van der Waals surface area contributed by atoms with Crippen LogP contribution < -0.4 is 0 Å². The Kier molecular flexibility index (Phi) is 11.9. The first-order chi connectivity index (χ1) is 13.8. The molecule has 0 saturated carbocycles. The monoisotopic (exact) mass is 478 g/mol. The van der Waals surface area contributed by atoms with E-state index in [1.807, 2.05) is 46.8 Å². The fourth-order valence-electron chi connectivity index (χ4n) is 3.26. The van der Waals surface area contributed by atoms with Crippen LogP contribution >= 0.6 is 0 Å². The molecule has 3 aromatic rings. The number of nitrogens with zero attached hydrogens (tertiary/aromatic N) is 6. The predicted octanol–water partition coefficient (Wildman–Crippen LogP) is 2.23. The summed E-state index contributed by atoms with van der Waals surface area (Å²) in [6.07, 6.45) is 0. The molecule has 0 radical (unpaired) electrons. The van der Waals surface area contributed by atoms with Crippen molar-refractivity contribution in [2.75, 3.05) is 0 Å². The van der Waals surface area contributed by atoms with Crippen molar-refractivity contribution in [3.05, 3.63) is 65.7 Å². The Morgan fingerprint density at radius 3 is 1.07 bits per heavy atom. The SMILES string of the molecule is C[C]#[Mo+].Cc1cc(C)n([BH-](n2nc(C)cc2C)n2nc(C)cc2C)n1.[C-]#[O+].[C-]#[O+]. The minimum absolute atomic E-state index is 1.01. The predicted molar refractivity (Wildman–Crippen MR) is 106 cm³/mol. The van der Waals surface area contributed by atoms with Crippen LogP contribution in [0.1, 0.15) is 41.1 Å². The molecular weight excluding hydrogens is 451 g/mol. The van der Waals surface area contributed by atoms with Crippen LogP contribution in [-0.4, -0.2) is 36.2 Å². The van der Waals surface area contributed by atoms with Crippen molar-refractivity contribution in [1.29, 1.82) is 0 Å². The van der Waals surface area contributed by atoms with Gasteiger partial charge in [0, 0.05) is 0 Å². The Balaban J connectivity index is 0.00000100. The molecular formula is C19H25BMoN6O2. The molecule has 0 amide bonds. The topological polar surface area (TPSA) is 93.3 Å². The quantitative estimate of drug-likeness (QED) is 0.330. The van der Waals surface area contributed by atoms with Crippen LogP contribution in [0.3, 0.4) is 0 Å². The zero-order valence-electron chi connectivity index (χ0n) is 17.8. The first-order valence-corrected chi connectivity index (χ1v) is 9.74. The normalized spacial score (nSPS) is 9.21. The van der Waals surface area contributed by atoms with Crippen LogP contribution in [0.2, 0.25) is 0 Å². The Morgan fingerprint density at radius 1 is 0.724 bits per heavy atom. The van der Waals surface area contributed by atoms with Gasteiger partial charge in [-0.15, -0.1) is 0 Å².